The number of hydrogen-bond acceptors (Lipinski definition) is 4. The molecule has 1 heterocycles. The Hall–Kier alpha value is -1.10. The highest BCUT2D eigenvalue weighted by Crippen LogP contribution is 2.11. The lowest BCUT2D eigenvalue weighted by atomic mass is 10.1. The van der Waals surface area contributed by atoms with Crippen molar-refractivity contribution in [3.63, 3.8) is 0 Å². The standard InChI is InChI=1S/C10H17NO4/c1-6-8(7(12)5-14-6)11-9(13)15-10(2,3)4/h6,8H,5H2,1-4H3,(H,11,13)/t6-,8+/m0/s1. The maximum atomic E-state index is 11.4. The fourth-order valence-electron chi connectivity index (χ4n) is 1.29. The molecule has 1 rings (SSSR count). The van der Waals surface area contributed by atoms with Crippen molar-refractivity contribution in [1.29, 1.82) is 0 Å². The Morgan fingerprint density at radius 2 is 2.13 bits per heavy atom. The van der Waals surface area contributed by atoms with Crippen LogP contribution in [-0.2, 0) is 14.3 Å². The number of ether oxygens (including phenoxy) is 2. The van der Waals surface area contributed by atoms with Crippen molar-refractivity contribution in [3.05, 3.63) is 0 Å². The van der Waals surface area contributed by atoms with E-state index in [1.54, 1.807) is 27.7 Å². The van der Waals surface area contributed by atoms with E-state index < -0.39 is 17.7 Å². The summed E-state index contributed by atoms with van der Waals surface area (Å²) in [6.07, 6.45) is -0.872. The predicted octanol–water partition coefficient (Wildman–Crippen LogP) is 0.867. The van der Waals surface area contributed by atoms with Crippen molar-refractivity contribution in [2.45, 2.75) is 45.4 Å². The van der Waals surface area contributed by atoms with Gasteiger partial charge >= 0.3 is 6.09 Å². The SMILES string of the molecule is C[C@@H]1OCC(=O)[C@@H]1NC(=O)OC(C)(C)C. The first kappa shape index (κ1) is 12.0. The second-order valence-corrected chi connectivity index (χ2v) is 4.61. The molecule has 0 aliphatic carbocycles. The molecule has 1 N–H and O–H groups in total. The van der Waals surface area contributed by atoms with Gasteiger partial charge in [0.2, 0.25) is 0 Å². The molecule has 0 bridgehead atoms. The van der Waals surface area contributed by atoms with Gasteiger partial charge in [-0.25, -0.2) is 4.79 Å². The average Bonchev–Trinajstić information content (AvgIpc) is 2.32. The van der Waals surface area contributed by atoms with E-state index in [1.165, 1.54) is 0 Å². The number of nitrogens with one attached hydrogen (secondary N) is 1. The number of ketones is 1. The highest BCUT2D eigenvalue weighted by molar-refractivity contribution is 5.90. The minimum atomic E-state index is -0.585. The first-order chi connectivity index (χ1) is 6.79. The third kappa shape index (κ3) is 3.51. The second kappa shape index (κ2) is 4.18. The monoisotopic (exact) mass is 215 g/mol. The Labute approximate surface area is 89.1 Å². The van der Waals surface area contributed by atoms with Gasteiger partial charge in [-0.05, 0) is 27.7 Å². The molecule has 0 saturated carbocycles. The van der Waals surface area contributed by atoms with Crippen LogP contribution >= 0.6 is 0 Å². The van der Waals surface area contributed by atoms with Gasteiger partial charge in [0.15, 0.2) is 5.78 Å². The van der Waals surface area contributed by atoms with Crippen LogP contribution in [0.5, 0.6) is 0 Å². The van der Waals surface area contributed by atoms with Crippen molar-refractivity contribution < 1.29 is 19.1 Å². The van der Waals surface area contributed by atoms with Gasteiger partial charge < -0.3 is 14.8 Å². The van der Waals surface area contributed by atoms with Crippen LogP contribution < -0.4 is 5.32 Å². The summed E-state index contributed by atoms with van der Waals surface area (Å²) in [6, 6.07) is -0.583. The largest absolute Gasteiger partial charge is 0.444 e. The Bertz CT molecular complexity index is 269. The molecule has 0 aromatic heterocycles. The Morgan fingerprint density at radius 3 is 2.53 bits per heavy atom. The number of rotatable bonds is 1. The Morgan fingerprint density at radius 1 is 1.53 bits per heavy atom. The number of alkyl carbamates (subject to hydrolysis) is 1. The van der Waals surface area contributed by atoms with E-state index >= 15 is 0 Å². The van der Waals surface area contributed by atoms with E-state index in [4.69, 9.17) is 9.47 Å². The van der Waals surface area contributed by atoms with Gasteiger partial charge in [-0.1, -0.05) is 0 Å². The van der Waals surface area contributed by atoms with Crippen LogP contribution in [0.2, 0.25) is 0 Å². The van der Waals surface area contributed by atoms with E-state index in [2.05, 4.69) is 5.32 Å². The van der Waals surface area contributed by atoms with Crippen LogP contribution in [0.25, 0.3) is 0 Å². The topological polar surface area (TPSA) is 64.6 Å². The van der Waals surface area contributed by atoms with Crippen LogP contribution in [0.15, 0.2) is 0 Å². The molecular formula is C10H17NO4. The summed E-state index contributed by atoms with van der Waals surface area (Å²) >= 11 is 0. The van der Waals surface area contributed by atoms with Gasteiger partial charge in [0.05, 0.1) is 6.10 Å². The summed E-state index contributed by atoms with van der Waals surface area (Å²) in [7, 11) is 0. The zero-order valence-corrected chi connectivity index (χ0v) is 9.49. The first-order valence-electron chi connectivity index (χ1n) is 4.93. The fraction of sp³-hybridized carbons (Fsp3) is 0.800. The molecule has 86 valence electrons. The zero-order chi connectivity index (χ0) is 11.6. The molecule has 0 unspecified atom stereocenters. The summed E-state index contributed by atoms with van der Waals surface area (Å²) in [5, 5.41) is 2.50. The first-order valence-corrected chi connectivity index (χ1v) is 4.93. The van der Waals surface area contributed by atoms with Gasteiger partial charge in [-0.3, -0.25) is 4.79 Å². The van der Waals surface area contributed by atoms with Crippen LogP contribution in [-0.4, -0.2) is 36.2 Å². The van der Waals surface area contributed by atoms with E-state index in [-0.39, 0.29) is 18.5 Å². The molecule has 15 heavy (non-hydrogen) atoms. The Kier molecular flexibility index (Phi) is 3.34. The van der Waals surface area contributed by atoms with Crippen molar-refractivity contribution in [1.82, 2.24) is 5.32 Å². The molecule has 1 aliphatic rings. The van der Waals surface area contributed by atoms with Crippen LogP contribution in [0.1, 0.15) is 27.7 Å². The number of amides is 1. The van der Waals surface area contributed by atoms with Crippen molar-refractivity contribution in [3.8, 4) is 0 Å². The second-order valence-electron chi connectivity index (χ2n) is 4.61. The van der Waals surface area contributed by atoms with Crippen molar-refractivity contribution >= 4 is 11.9 Å². The molecule has 1 fully saturated rings. The summed E-state index contributed by atoms with van der Waals surface area (Å²) in [5.74, 6) is -0.117. The summed E-state index contributed by atoms with van der Waals surface area (Å²) in [5.41, 5.74) is -0.560. The van der Waals surface area contributed by atoms with E-state index in [1.807, 2.05) is 0 Å². The number of hydrogen-bond donors (Lipinski definition) is 1. The third-order valence-corrected chi connectivity index (χ3v) is 1.98. The molecular weight excluding hydrogens is 198 g/mol. The molecule has 5 nitrogen and oxygen atoms in total. The fourth-order valence-corrected chi connectivity index (χ4v) is 1.29. The lowest BCUT2D eigenvalue weighted by Crippen LogP contribution is -2.45. The van der Waals surface area contributed by atoms with Crippen molar-refractivity contribution in [2.75, 3.05) is 6.61 Å². The summed E-state index contributed by atoms with van der Waals surface area (Å²) in [4.78, 5) is 22.7. The molecule has 5 heteroatoms. The highest BCUT2D eigenvalue weighted by atomic mass is 16.6. The van der Waals surface area contributed by atoms with Gasteiger partial charge in [0.25, 0.3) is 0 Å². The van der Waals surface area contributed by atoms with Gasteiger partial charge in [-0.2, -0.15) is 0 Å². The van der Waals surface area contributed by atoms with Crippen molar-refractivity contribution in [2.24, 2.45) is 0 Å². The lowest BCUT2D eigenvalue weighted by molar-refractivity contribution is -0.119. The molecule has 0 aromatic rings. The number of carbonyl (C=O) groups is 2. The molecule has 1 amide bonds. The van der Waals surface area contributed by atoms with Crippen LogP contribution in [0.3, 0.4) is 0 Å². The maximum Gasteiger partial charge on any atom is 0.408 e. The summed E-state index contributed by atoms with van der Waals surface area (Å²) < 4.78 is 10.1. The molecule has 2 atom stereocenters. The molecule has 1 aliphatic heterocycles. The van der Waals surface area contributed by atoms with E-state index in [0.717, 1.165) is 0 Å². The molecule has 0 aromatic carbocycles. The molecule has 0 spiro atoms. The minimum absolute atomic E-state index is 0.0572. The quantitative estimate of drug-likeness (QED) is 0.704. The van der Waals surface area contributed by atoms with E-state index in [0.29, 0.717) is 0 Å². The average molecular weight is 215 g/mol. The number of Topliss-reactive ketones (excluding diaryl/α,β-unsaturated/α-hetero) is 1. The van der Waals surface area contributed by atoms with Gasteiger partial charge in [0.1, 0.15) is 18.2 Å². The van der Waals surface area contributed by atoms with Crippen LogP contribution in [0.4, 0.5) is 4.79 Å². The maximum absolute atomic E-state index is 11.4. The molecule has 1 saturated heterocycles. The normalized spacial score (nSPS) is 26.5. The van der Waals surface area contributed by atoms with Gasteiger partial charge in [0, 0.05) is 0 Å². The van der Waals surface area contributed by atoms with Gasteiger partial charge in [-0.15, -0.1) is 0 Å². The molecule has 0 radical (unpaired) electrons. The Balaban J connectivity index is 2.48. The minimum Gasteiger partial charge on any atom is -0.444 e. The predicted molar refractivity (Wildman–Crippen MR) is 53.6 cm³/mol. The summed E-state index contributed by atoms with van der Waals surface area (Å²) in [6.45, 7) is 7.10. The number of carbonyl (C=O) groups excluding carboxylic acids is 2. The third-order valence-electron chi connectivity index (χ3n) is 1.98. The van der Waals surface area contributed by atoms with Crippen LogP contribution in [0, 0.1) is 0 Å². The highest BCUT2D eigenvalue weighted by Gasteiger charge is 2.34. The lowest BCUT2D eigenvalue weighted by Gasteiger charge is -2.22. The van der Waals surface area contributed by atoms with E-state index in [9.17, 15) is 9.59 Å². The zero-order valence-electron chi connectivity index (χ0n) is 9.49. The smallest absolute Gasteiger partial charge is 0.408 e.